The van der Waals surface area contributed by atoms with E-state index in [4.69, 9.17) is 5.73 Å². The highest BCUT2D eigenvalue weighted by atomic mass is 16.6. The van der Waals surface area contributed by atoms with Gasteiger partial charge in [-0.2, -0.15) is 0 Å². The molecule has 0 unspecified atom stereocenters. The van der Waals surface area contributed by atoms with Crippen LogP contribution in [0.25, 0.3) is 11.0 Å². The minimum absolute atomic E-state index is 0.119. The van der Waals surface area contributed by atoms with E-state index < -0.39 is 16.8 Å². The standard InChI is InChI=1S/C15H12N6O3/c16-14-18-13(8-4-3-7-11(12(8)22)21(23)24)20-10-6-2-1-5-9(10)17-15(20)19-14/h1-7,13,22H,(H3,16,17,18,19)/t13-/m0/s1. The van der Waals surface area contributed by atoms with Crippen LogP contribution in [-0.4, -0.2) is 25.5 Å². The molecule has 0 bridgehead atoms. The molecule has 24 heavy (non-hydrogen) atoms. The van der Waals surface area contributed by atoms with E-state index in [1.54, 1.807) is 10.6 Å². The summed E-state index contributed by atoms with van der Waals surface area (Å²) in [5, 5.41) is 24.3. The number of anilines is 1. The van der Waals surface area contributed by atoms with Gasteiger partial charge in [0.1, 0.15) is 0 Å². The van der Waals surface area contributed by atoms with Gasteiger partial charge in [0.15, 0.2) is 12.1 Å². The SMILES string of the molecule is NC1=N[C@H](c2cccc([N+](=O)[O-])c2O)n2c(nc3ccccc32)N1. The molecule has 0 fully saturated rings. The second kappa shape index (κ2) is 4.95. The third-order valence-corrected chi connectivity index (χ3v) is 3.86. The summed E-state index contributed by atoms with van der Waals surface area (Å²) >= 11 is 0. The van der Waals surface area contributed by atoms with Crippen molar-refractivity contribution in [2.24, 2.45) is 10.7 Å². The van der Waals surface area contributed by atoms with Crippen LogP contribution in [0.2, 0.25) is 0 Å². The molecule has 3 aromatic rings. The number of hydrogen-bond donors (Lipinski definition) is 3. The average Bonchev–Trinajstić information content (AvgIpc) is 2.92. The normalized spacial score (nSPS) is 16.3. The molecule has 1 atom stereocenters. The number of phenols is 1. The molecule has 2 heterocycles. The van der Waals surface area contributed by atoms with Crippen LogP contribution in [0.3, 0.4) is 0 Å². The number of aromatic hydroxyl groups is 1. The van der Waals surface area contributed by atoms with Gasteiger partial charge in [-0.05, 0) is 12.1 Å². The molecular formula is C15H12N6O3. The maximum absolute atomic E-state index is 11.1. The first kappa shape index (κ1) is 14.0. The van der Waals surface area contributed by atoms with Crippen molar-refractivity contribution in [1.82, 2.24) is 9.55 Å². The number of imidazole rings is 1. The van der Waals surface area contributed by atoms with Crippen molar-refractivity contribution in [2.45, 2.75) is 6.17 Å². The van der Waals surface area contributed by atoms with E-state index >= 15 is 0 Å². The van der Waals surface area contributed by atoms with Crippen molar-refractivity contribution in [2.75, 3.05) is 5.32 Å². The lowest BCUT2D eigenvalue weighted by atomic mass is 10.1. The third kappa shape index (κ3) is 1.95. The number of nitrogens with zero attached hydrogens (tertiary/aromatic N) is 4. The Morgan fingerprint density at radius 2 is 2.04 bits per heavy atom. The van der Waals surface area contributed by atoms with Gasteiger partial charge in [0.2, 0.25) is 11.7 Å². The van der Waals surface area contributed by atoms with E-state index in [0.29, 0.717) is 5.95 Å². The highest BCUT2D eigenvalue weighted by Gasteiger charge is 2.29. The molecule has 0 saturated heterocycles. The Morgan fingerprint density at radius 1 is 1.25 bits per heavy atom. The maximum Gasteiger partial charge on any atom is 0.311 e. The number of guanidine groups is 1. The molecule has 120 valence electrons. The molecule has 9 nitrogen and oxygen atoms in total. The largest absolute Gasteiger partial charge is 0.502 e. The molecule has 4 rings (SSSR count). The van der Waals surface area contributed by atoms with Gasteiger partial charge in [0.05, 0.1) is 16.0 Å². The Bertz CT molecular complexity index is 1010. The van der Waals surface area contributed by atoms with Gasteiger partial charge in [0, 0.05) is 11.6 Å². The fraction of sp³-hybridized carbons (Fsp3) is 0.0667. The van der Waals surface area contributed by atoms with Gasteiger partial charge in [0.25, 0.3) is 0 Å². The Labute approximate surface area is 135 Å². The van der Waals surface area contributed by atoms with Gasteiger partial charge >= 0.3 is 5.69 Å². The van der Waals surface area contributed by atoms with Gasteiger partial charge in [-0.15, -0.1) is 0 Å². The first-order valence-corrected chi connectivity index (χ1v) is 7.10. The van der Waals surface area contributed by atoms with Gasteiger partial charge in [-0.3, -0.25) is 20.0 Å². The number of nitrogens with two attached hydrogens (primary N) is 1. The number of rotatable bonds is 2. The molecule has 0 radical (unpaired) electrons. The summed E-state index contributed by atoms with van der Waals surface area (Å²) < 4.78 is 1.74. The van der Waals surface area contributed by atoms with Crippen molar-refractivity contribution >= 4 is 28.6 Å². The summed E-state index contributed by atoms with van der Waals surface area (Å²) in [4.78, 5) is 19.2. The van der Waals surface area contributed by atoms with Crippen LogP contribution in [0.4, 0.5) is 11.6 Å². The molecular weight excluding hydrogens is 312 g/mol. The van der Waals surface area contributed by atoms with Gasteiger partial charge in [-0.1, -0.05) is 24.3 Å². The van der Waals surface area contributed by atoms with E-state index in [1.807, 2.05) is 24.3 Å². The van der Waals surface area contributed by atoms with Crippen molar-refractivity contribution in [1.29, 1.82) is 0 Å². The van der Waals surface area contributed by atoms with Crippen LogP contribution >= 0.6 is 0 Å². The van der Waals surface area contributed by atoms with E-state index in [9.17, 15) is 15.2 Å². The zero-order valence-corrected chi connectivity index (χ0v) is 12.2. The first-order valence-electron chi connectivity index (χ1n) is 7.10. The molecule has 1 aliphatic rings. The maximum atomic E-state index is 11.1. The highest BCUT2D eigenvalue weighted by molar-refractivity contribution is 5.94. The minimum Gasteiger partial charge on any atom is -0.502 e. The van der Waals surface area contributed by atoms with Crippen LogP contribution < -0.4 is 11.1 Å². The number of para-hydroxylation sites is 3. The summed E-state index contributed by atoms with van der Waals surface area (Å²) in [5.41, 5.74) is 7.20. The smallest absolute Gasteiger partial charge is 0.311 e. The molecule has 2 aromatic carbocycles. The Morgan fingerprint density at radius 3 is 2.83 bits per heavy atom. The lowest BCUT2D eigenvalue weighted by Crippen LogP contribution is -2.31. The minimum atomic E-state index is -0.756. The Kier molecular flexibility index (Phi) is 2.89. The highest BCUT2D eigenvalue weighted by Crippen LogP contribution is 2.39. The molecule has 0 aliphatic carbocycles. The summed E-state index contributed by atoms with van der Waals surface area (Å²) in [7, 11) is 0. The zero-order valence-electron chi connectivity index (χ0n) is 12.2. The number of aliphatic imine (C=N–C) groups is 1. The topological polar surface area (TPSA) is 132 Å². The summed E-state index contributed by atoms with van der Waals surface area (Å²) in [5.74, 6) is 0.142. The second-order valence-corrected chi connectivity index (χ2v) is 5.28. The second-order valence-electron chi connectivity index (χ2n) is 5.28. The van der Waals surface area contributed by atoms with Gasteiger partial charge < -0.3 is 10.8 Å². The third-order valence-electron chi connectivity index (χ3n) is 3.86. The van der Waals surface area contributed by atoms with Crippen molar-refractivity contribution in [3.05, 3.63) is 58.1 Å². The van der Waals surface area contributed by atoms with Crippen molar-refractivity contribution < 1.29 is 10.0 Å². The van der Waals surface area contributed by atoms with Crippen LogP contribution in [0, 0.1) is 10.1 Å². The quantitative estimate of drug-likeness (QED) is 0.487. The van der Waals surface area contributed by atoms with Crippen molar-refractivity contribution in [3.63, 3.8) is 0 Å². The molecule has 0 spiro atoms. The number of phenolic OH excluding ortho intramolecular Hbond substituents is 1. The number of hydrogen-bond acceptors (Lipinski definition) is 7. The zero-order chi connectivity index (χ0) is 16.8. The monoisotopic (exact) mass is 324 g/mol. The number of fused-ring (bicyclic) bond motifs is 3. The molecule has 0 saturated carbocycles. The summed E-state index contributed by atoms with van der Waals surface area (Å²) in [6.45, 7) is 0. The van der Waals surface area contributed by atoms with E-state index in [0.717, 1.165) is 11.0 Å². The van der Waals surface area contributed by atoms with E-state index in [-0.39, 0.29) is 17.2 Å². The van der Waals surface area contributed by atoms with Crippen LogP contribution in [0.5, 0.6) is 5.75 Å². The van der Waals surface area contributed by atoms with Gasteiger partial charge in [-0.25, -0.2) is 9.98 Å². The number of nitro groups is 1. The lowest BCUT2D eigenvalue weighted by Gasteiger charge is -2.24. The molecule has 4 N–H and O–H groups in total. The number of aromatic nitrogens is 2. The van der Waals surface area contributed by atoms with E-state index in [2.05, 4.69) is 15.3 Å². The van der Waals surface area contributed by atoms with Crippen LogP contribution in [0.1, 0.15) is 11.7 Å². The fourth-order valence-electron chi connectivity index (χ4n) is 2.83. The number of nitro benzene ring substituents is 1. The first-order chi connectivity index (χ1) is 11.6. The summed E-state index contributed by atoms with van der Waals surface area (Å²) in [6, 6.07) is 11.7. The predicted octanol–water partition coefficient (Wildman–Crippen LogP) is 1.94. The molecule has 9 heteroatoms. The Balaban J connectivity index is 1.98. The molecule has 1 aliphatic heterocycles. The Hall–Kier alpha value is -3.62. The number of nitrogens with one attached hydrogen (secondary N) is 1. The lowest BCUT2D eigenvalue weighted by molar-refractivity contribution is -0.386. The molecule has 1 aromatic heterocycles. The predicted molar refractivity (Wildman–Crippen MR) is 87.9 cm³/mol. The van der Waals surface area contributed by atoms with Crippen LogP contribution in [0.15, 0.2) is 47.5 Å². The van der Waals surface area contributed by atoms with E-state index in [1.165, 1.54) is 12.1 Å². The van der Waals surface area contributed by atoms with Crippen LogP contribution in [-0.2, 0) is 0 Å². The fourth-order valence-corrected chi connectivity index (χ4v) is 2.83. The molecule has 0 amide bonds. The average molecular weight is 324 g/mol. The number of benzene rings is 2. The van der Waals surface area contributed by atoms with Crippen molar-refractivity contribution in [3.8, 4) is 5.75 Å². The summed E-state index contributed by atoms with van der Waals surface area (Å²) in [6.07, 6.45) is -0.756.